The molecule has 5 nitrogen and oxygen atoms in total. The summed E-state index contributed by atoms with van der Waals surface area (Å²) in [5.41, 5.74) is 3.57. The third-order valence-electron chi connectivity index (χ3n) is 6.01. The molecule has 2 aromatic rings. The second kappa shape index (κ2) is 6.57. The second-order valence-corrected chi connectivity index (χ2v) is 7.85. The number of hydrogen-bond donors (Lipinski definition) is 0. The minimum absolute atomic E-state index is 0.185. The summed E-state index contributed by atoms with van der Waals surface area (Å²) in [6.45, 7) is 4.65. The highest BCUT2D eigenvalue weighted by molar-refractivity contribution is 5.71. The Morgan fingerprint density at radius 3 is 2.78 bits per heavy atom. The van der Waals surface area contributed by atoms with Crippen LogP contribution in [0.5, 0.6) is 5.75 Å². The van der Waals surface area contributed by atoms with Crippen molar-refractivity contribution in [3.05, 3.63) is 65.2 Å². The highest BCUT2D eigenvalue weighted by Crippen LogP contribution is 2.36. The van der Waals surface area contributed by atoms with Gasteiger partial charge in [-0.1, -0.05) is 42.5 Å². The van der Waals surface area contributed by atoms with Gasteiger partial charge in [-0.05, 0) is 29.2 Å². The SMILES string of the molecule is O=C1OCC2(CCN(Cc3ccc4c(c3)CCO4)C2)N1Cc1ccccc1. The Morgan fingerprint density at radius 2 is 1.89 bits per heavy atom. The maximum absolute atomic E-state index is 12.4. The van der Waals surface area contributed by atoms with Crippen molar-refractivity contribution < 1.29 is 14.3 Å². The smallest absolute Gasteiger partial charge is 0.410 e. The molecule has 0 N–H and O–H groups in total. The lowest BCUT2D eigenvalue weighted by Crippen LogP contribution is -2.48. The van der Waals surface area contributed by atoms with E-state index in [2.05, 4.69) is 35.2 Å². The molecule has 0 radical (unpaired) electrons. The molecule has 1 spiro atoms. The van der Waals surface area contributed by atoms with E-state index >= 15 is 0 Å². The molecule has 1 unspecified atom stereocenters. The van der Waals surface area contributed by atoms with Crippen LogP contribution in [0.25, 0.3) is 0 Å². The molecule has 3 heterocycles. The number of ether oxygens (including phenoxy) is 2. The van der Waals surface area contributed by atoms with Crippen LogP contribution >= 0.6 is 0 Å². The maximum Gasteiger partial charge on any atom is 0.410 e. The molecule has 5 heteroatoms. The Labute approximate surface area is 159 Å². The first-order valence-corrected chi connectivity index (χ1v) is 9.67. The largest absolute Gasteiger partial charge is 0.493 e. The summed E-state index contributed by atoms with van der Waals surface area (Å²) >= 11 is 0. The quantitative estimate of drug-likeness (QED) is 0.835. The topological polar surface area (TPSA) is 42.0 Å². The first-order valence-electron chi connectivity index (χ1n) is 9.67. The normalized spacial score (nSPS) is 24.3. The fraction of sp³-hybridized carbons (Fsp3) is 0.409. The van der Waals surface area contributed by atoms with E-state index in [9.17, 15) is 4.79 Å². The Balaban J connectivity index is 1.30. The minimum Gasteiger partial charge on any atom is -0.493 e. The van der Waals surface area contributed by atoms with Gasteiger partial charge in [0.1, 0.15) is 12.4 Å². The first kappa shape index (κ1) is 16.6. The second-order valence-electron chi connectivity index (χ2n) is 7.85. The van der Waals surface area contributed by atoms with Crippen LogP contribution in [0.15, 0.2) is 48.5 Å². The summed E-state index contributed by atoms with van der Waals surface area (Å²) in [5.74, 6) is 1.03. The summed E-state index contributed by atoms with van der Waals surface area (Å²) < 4.78 is 11.1. The summed E-state index contributed by atoms with van der Waals surface area (Å²) in [6, 6.07) is 16.7. The summed E-state index contributed by atoms with van der Waals surface area (Å²) in [5, 5.41) is 0. The van der Waals surface area contributed by atoms with Crippen LogP contribution in [0.4, 0.5) is 4.79 Å². The van der Waals surface area contributed by atoms with Gasteiger partial charge in [0.05, 0.1) is 12.1 Å². The van der Waals surface area contributed by atoms with Crippen LogP contribution in [0, 0.1) is 0 Å². The van der Waals surface area contributed by atoms with Gasteiger partial charge >= 0.3 is 6.09 Å². The van der Waals surface area contributed by atoms with Crippen LogP contribution in [-0.4, -0.2) is 47.7 Å². The Morgan fingerprint density at radius 1 is 1.00 bits per heavy atom. The number of benzene rings is 2. The Bertz CT molecular complexity index is 854. The summed E-state index contributed by atoms with van der Waals surface area (Å²) in [4.78, 5) is 16.8. The van der Waals surface area contributed by atoms with E-state index in [1.54, 1.807) is 0 Å². The van der Waals surface area contributed by atoms with E-state index in [1.165, 1.54) is 11.1 Å². The first-order chi connectivity index (χ1) is 13.2. The standard InChI is InChI=1S/C22H24N2O3/c25-21-24(14-17-4-2-1-3-5-17)22(16-27-21)9-10-23(15-22)13-18-6-7-20-19(12-18)8-11-26-20/h1-7,12H,8-11,13-16H2. The molecule has 3 aliphatic heterocycles. The van der Waals surface area contributed by atoms with Crippen molar-refractivity contribution in [3.63, 3.8) is 0 Å². The molecule has 0 aliphatic carbocycles. The molecule has 1 amide bonds. The molecular weight excluding hydrogens is 340 g/mol. The monoisotopic (exact) mass is 364 g/mol. The van der Waals surface area contributed by atoms with Crippen molar-refractivity contribution in [1.82, 2.24) is 9.80 Å². The minimum atomic E-state index is -0.202. The zero-order chi connectivity index (χ0) is 18.3. The fourth-order valence-corrected chi connectivity index (χ4v) is 4.55. The van der Waals surface area contributed by atoms with Crippen LogP contribution in [-0.2, 0) is 24.2 Å². The number of amides is 1. The number of carbonyl (C=O) groups is 1. The van der Waals surface area contributed by atoms with Crippen LogP contribution in [0.1, 0.15) is 23.1 Å². The number of rotatable bonds is 4. The molecule has 0 saturated carbocycles. The van der Waals surface area contributed by atoms with E-state index in [-0.39, 0.29) is 11.6 Å². The van der Waals surface area contributed by atoms with Crippen LogP contribution < -0.4 is 4.74 Å². The Hall–Kier alpha value is -2.53. The average molecular weight is 364 g/mol. The Kier molecular flexibility index (Phi) is 4.05. The van der Waals surface area contributed by atoms with E-state index in [4.69, 9.17) is 9.47 Å². The molecule has 140 valence electrons. The average Bonchev–Trinajstić information content (AvgIpc) is 3.39. The van der Waals surface area contributed by atoms with Crippen molar-refractivity contribution in [2.45, 2.75) is 31.5 Å². The van der Waals surface area contributed by atoms with Gasteiger partial charge < -0.3 is 9.47 Å². The van der Waals surface area contributed by atoms with Gasteiger partial charge in [-0.25, -0.2) is 4.79 Å². The molecule has 0 aromatic heterocycles. The molecule has 2 aromatic carbocycles. The van der Waals surface area contributed by atoms with Crippen molar-refractivity contribution in [1.29, 1.82) is 0 Å². The molecule has 5 rings (SSSR count). The van der Waals surface area contributed by atoms with Gasteiger partial charge in [0.2, 0.25) is 0 Å². The van der Waals surface area contributed by atoms with E-state index in [0.29, 0.717) is 13.2 Å². The number of hydrogen-bond acceptors (Lipinski definition) is 4. The highest BCUT2D eigenvalue weighted by Gasteiger charge is 2.51. The lowest BCUT2D eigenvalue weighted by atomic mass is 9.98. The number of cyclic esters (lactones) is 1. The van der Waals surface area contributed by atoms with Gasteiger partial charge in [-0.2, -0.15) is 0 Å². The maximum atomic E-state index is 12.4. The predicted molar refractivity (Wildman–Crippen MR) is 102 cm³/mol. The highest BCUT2D eigenvalue weighted by atomic mass is 16.6. The molecular formula is C22H24N2O3. The lowest BCUT2D eigenvalue weighted by molar-refractivity contribution is 0.145. The predicted octanol–water partition coefficient (Wildman–Crippen LogP) is 3.22. The van der Waals surface area contributed by atoms with E-state index in [1.807, 2.05) is 23.1 Å². The van der Waals surface area contributed by atoms with Gasteiger partial charge in [0.15, 0.2) is 0 Å². The molecule has 1 atom stereocenters. The lowest BCUT2D eigenvalue weighted by Gasteiger charge is -2.32. The van der Waals surface area contributed by atoms with Crippen molar-refractivity contribution >= 4 is 6.09 Å². The van der Waals surface area contributed by atoms with Crippen molar-refractivity contribution in [2.24, 2.45) is 0 Å². The van der Waals surface area contributed by atoms with Crippen molar-refractivity contribution in [3.8, 4) is 5.75 Å². The van der Waals surface area contributed by atoms with Crippen LogP contribution in [0.2, 0.25) is 0 Å². The summed E-state index contributed by atoms with van der Waals surface area (Å²) in [6.07, 6.45) is 1.77. The number of carbonyl (C=O) groups excluding carboxylic acids is 1. The van der Waals surface area contributed by atoms with Gasteiger partial charge in [0.25, 0.3) is 0 Å². The molecule has 27 heavy (non-hydrogen) atoms. The molecule has 2 saturated heterocycles. The van der Waals surface area contributed by atoms with Gasteiger partial charge in [-0.3, -0.25) is 9.80 Å². The van der Waals surface area contributed by atoms with Crippen molar-refractivity contribution in [2.75, 3.05) is 26.3 Å². The van der Waals surface area contributed by atoms with Gasteiger partial charge in [0, 0.05) is 32.6 Å². The third kappa shape index (κ3) is 3.06. The number of fused-ring (bicyclic) bond motifs is 1. The number of nitrogens with zero attached hydrogens (tertiary/aromatic N) is 2. The van der Waals surface area contributed by atoms with E-state index < -0.39 is 0 Å². The van der Waals surface area contributed by atoms with Crippen LogP contribution in [0.3, 0.4) is 0 Å². The zero-order valence-electron chi connectivity index (χ0n) is 15.4. The zero-order valence-corrected chi connectivity index (χ0v) is 15.4. The molecule has 0 bridgehead atoms. The number of likely N-dealkylation sites (tertiary alicyclic amines) is 1. The molecule has 3 aliphatic rings. The van der Waals surface area contributed by atoms with E-state index in [0.717, 1.165) is 50.4 Å². The van der Waals surface area contributed by atoms with Gasteiger partial charge in [-0.15, -0.1) is 0 Å². The third-order valence-corrected chi connectivity index (χ3v) is 6.01. The fourth-order valence-electron chi connectivity index (χ4n) is 4.55. The molecule has 2 fully saturated rings. The summed E-state index contributed by atoms with van der Waals surface area (Å²) in [7, 11) is 0.